The van der Waals surface area contributed by atoms with E-state index in [1.807, 2.05) is 54.6 Å². The molecule has 0 aliphatic heterocycles. The molecule has 0 aliphatic carbocycles. The lowest BCUT2D eigenvalue weighted by molar-refractivity contribution is -0.120. The highest BCUT2D eigenvalue weighted by atomic mass is 16.5. The minimum Gasteiger partial charge on any atom is -0.497 e. The van der Waals surface area contributed by atoms with Crippen molar-refractivity contribution in [2.75, 3.05) is 27.4 Å². The summed E-state index contributed by atoms with van der Waals surface area (Å²) < 4.78 is 15.8. The van der Waals surface area contributed by atoms with Gasteiger partial charge in [0.05, 0.1) is 32.9 Å². The zero-order valence-electron chi connectivity index (χ0n) is 16.4. The summed E-state index contributed by atoms with van der Waals surface area (Å²) in [5, 5.41) is 11.1. The van der Waals surface area contributed by atoms with Gasteiger partial charge in [-0.2, -0.15) is 0 Å². The van der Waals surface area contributed by atoms with E-state index < -0.39 is 0 Å². The van der Waals surface area contributed by atoms with Crippen LogP contribution in [-0.4, -0.2) is 43.5 Å². The third-order valence-corrected chi connectivity index (χ3v) is 4.22. The molecule has 0 spiro atoms. The molecular weight excluding hydrogens is 370 g/mol. The largest absolute Gasteiger partial charge is 0.497 e. The predicted molar refractivity (Wildman–Crippen MR) is 109 cm³/mol. The van der Waals surface area contributed by atoms with Crippen LogP contribution in [0.4, 0.5) is 0 Å². The van der Waals surface area contributed by atoms with Crippen molar-refractivity contribution < 1.29 is 19.0 Å². The fraction of sp³-hybridized carbons (Fsp3) is 0.227. The van der Waals surface area contributed by atoms with Crippen LogP contribution in [0.15, 0.2) is 60.7 Å². The van der Waals surface area contributed by atoms with Gasteiger partial charge in [0.2, 0.25) is 11.8 Å². The molecule has 0 saturated carbocycles. The number of hydrogen-bond acceptors (Lipinski definition) is 6. The van der Waals surface area contributed by atoms with Gasteiger partial charge in [0.25, 0.3) is 0 Å². The molecule has 1 heterocycles. The van der Waals surface area contributed by atoms with Gasteiger partial charge < -0.3 is 19.5 Å². The molecule has 7 nitrogen and oxygen atoms in total. The minimum absolute atomic E-state index is 0.0697. The Morgan fingerprint density at radius 2 is 1.52 bits per heavy atom. The number of carbonyl (C=O) groups is 1. The number of carbonyl (C=O) groups excluding carboxylic acids is 1. The fourth-order valence-electron chi connectivity index (χ4n) is 2.65. The van der Waals surface area contributed by atoms with Gasteiger partial charge in [0, 0.05) is 11.6 Å². The van der Waals surface area contributed by atoms with Crippen molar-refractivity contribution >= 4 is 5.91 Å². The Balaban J connectivity index is 1.41. The summed E-state index contributed by atoms with van der Waals surface area (Å²) in [4.78, 5) is 12.0. The molecule has 2 aromatic carbocycles. The van der Waals surface area contributed by atoms with Crippen LogP contribution in [-0.2, 0) is 11.2 Å². The molecule has 3 rings (SSSR count). The van der Waals surface area contributed by atoms with E-state index in [2.05, 4.69) is 15.5 Å². The smallest absolute Gasteiger partial charge is 0.233 e. The number of rotatable bonds is 9. The third-order valence-electron chi connectivity index (χ3n) is 4.22. The van der Waals surface area contributed by atoms with Crippen molar-refractivity contribution in [3.8, 4) is 28.6 Å². The number of benzene rings is 2. The van der Waals surface area contributed by atoms with Gasteiger partial charge in [0.15, 0.2) is 0 Å². The molecule has 1 amide bonds. The molecule has 0 fully saturated rings. The van der Waals surface area contributed by atoms with E-state index in [1.165, 1.54) is 0 Å². The number of nitrogens with one attached hydrogen (secondary N) is 1. The van der Waals surface area contributed by atoms with E-state index in [4.69, 9.17) is 14.2 Å². The zero-order valence-corrected chi connectivity index (χ0v) is 16.4. The van der Waals surface area contributed by atoms with Crippen molar-refractivity contribution in [3.05, 3.63) is 66.2 Å². The van der Waals surface area contributed by atoms with Crippen molar-refractivity contribution in [1.82, 2.24) is 15.5 Å². The zero-order chi connectivity index (χ0) is 20.5. The summed E-state index contributed by atoms with van der Waals surface area (Å²) in [5.41, 5.74) is 2.60. The van der Waals surface area contributed by atoms with Gasteiger partial charge in [-0.25, -0.2) is 0 Å². The van der Waals surface area contributed by atoms with Crippen LogP contribution in [0.3, 0.4) is 0 Å². The number of nitrogens with zero attached hydrogens (tertiary/aromatic N) is 2. The molecule has 3 aromatic rings. The average Bonchev–Trinajstić information content (AvgIpc) is 2.78. The Morgan fingerprint density at radius 3 is 2.10 bits per heavy atom. The van der Waals surface area contributed by atoms with E-state index in [0.717, 1.165) is 28.3 Å². The lowest BCUT2D eigenvalue weighted by atomic mass is 10.1. The maximum atomic E-state index is 12.0. The Kier molecular flexibility index (Phi) is 7.00. The Morgan fingerprint density at radius 1 is 0.862 bits per heavy atom. The first kappa shape index (κ1) is 20.1. The van der Waals surface area contributed by atoms with Gasteiger partial charge in [-0.05, 0) is 48.0 Å². The quantitative estimate of drug-likeness (QED) is 0.563. The van der Waals surface area contributed by atoms with Crippen molar-refractivity contribution in [2.45, 2.75) is 6.42 Å². The van der Waals surface area contributed by atoms with Crippen molar-refractivity contribution in [3.63, 3.8) is 0 Å². The standard InChI is InChI=1S/C22H23N3O4/c1-27-18-7-3-16(4-8-18)15-21(26)23-13-14-29-22-12-11-20(24-25-22)17-5-9-19(28-2)10-6-17/h3-12H,13-15H2,1-2H3,(H,23,26). The summed E-state index contributed by atoms with van der Waals surface area (Å²) in [6, 6.07) is 18.6. The number of aromatic nitrogens is 2. The van der Waals surface area contributed by atoms with Gasteiger partial charge >= 0.3 is 0 Å². The molecule has 7 heteroatoms. The molecule has 0 bridgehead atoms. The fourth-order valence-corrected chi connectivity index (χ4v) is 2.65. The summed E-state index contributed by atoms with van der Waals surface area (Å²) >= 11 is 0. The van der Waals surface area contributed by atoms with Crippen molar-refractivity contribution in [1.29, 1.82) is 0 Å². The molecular formula is C22H23N3O4. The van der Waals surface area contributed by atoms with E-state index in [0.29, 0.717) is 25.5 Å². The topological polar surface area (TPSA) is 82.6 Å². The van der Waals surface area contributed by atoms with E-state index in [1.54, 1.807) is 20.3 Å². The highest BCUT2D eigenvalue weighted by Gasteiger charge is 2.05. The van der Waals surface area contributed by atoms with Crippen molar-refractivity contribution in [2.24, 2.45) is 0 Å². The van der Waals surface area contributed by atoms with Crippen LogP contribution in [0.2, 0.25) is 0 Å². The molecule has 0 aliphatic rings. The van der Waals surface area contributed by atoms with Crippen LogP contribution in [0.25, 0.3) is 11.3 Å². The summed E-state index contributed by atoms with van der Waals surface area (Å²) in [6.07, 6.45) is 0.306. The van der Waals surface area contributed by atoms with Crippen LogP contribution < -0.4 is 19.5 Å². The highest BCUT2D eigenvalue weighted by molar-refractivity contribution is 5.78. The second-order valence-corrected chi connectivity index (χ2v) is 6.21. The maximum Gasteiger partial charge on any atom is 0.233 e. The first-order valence-electron chi connectivity index (χ1n) is 9.18. The maximum absolute atomic E-state index is 12.0. The lowest BCUT2D eigenvalue weighted by Crippen LogP contribution is -2.29. The normalized spacial score (nSPS) is 10.3. The Bertz CT molecular complexity index is 910. The summed E-state index contributed by atoms with van der Waals surface area (Å²) in [6.45, 7) is 0.696. The Labute approximate surface area is 169 Å². The number of hydrogen-bond donors (Lipinski definition) is 1. The second-order valence-electron chi connectivity index (χ2n) is 6.21. The van der Waals surface area contributed by atoms with E-state index in [9.17, 15) is 4.79 Å². The average molecular weight is 393 g/mol. The van der Waals surface area contributed by atoms with Crippen LogP contribution in [0.1, 0.15) is 5.56 Å². The Hall–Kier alpha value is -3.61. The molecule has 0 atom stereocenters. The van der Waals surface area contributed by atoms with E-state index >= 15 is 0 Å². The first-order chi connectivity index (χ1) is 14.2. The lowest BCUT2D eigenvalue weighted by Gasteiger charge is -2.08. The van der Waals surface area contributed by atoms with Gasteiger partial charge in [-0.1, -0.05) is 12.1 Å². The number of methoxy groups -OCH3 is 2. The van der Waals surface area contributed by atoms with Crippen LogP contribution >= 0.6 is 0 Å². The molecule has 1 aromatic heterocycles. The highest BCUT2D eigenvalue weighted by Crippen LogP contribution is 2.21. The first-order valence-corrected chi connectivity index (χ1v) is 9.18. The van der Waals surface area contributed by atoms with E-state index in [-0.39, 0.29) is 5.91 Å². The molecule has 29 heavy (non-hydrogen) atoms. The van der Waals surface area contributed by atoms with Gasteiger partial charge in [-0.3, -0.25) is 4.79 Å². The van der Waals surface area contributed by atoms with Gasteiger partial charge in [-0.15, -0.1) is 10.2 Å². The molecule has 0 radical (unpaired) electrons. The molecule has 0 saturated heterocycles. The number of amides is 1. The van der Waals surface area contributed by atoms with Crippen LogP contribution in [0.5, 0.6) is 17.4 Å². The minimum atomic E-state index is -0.0697. The molecule has 150 valence electrons. The summed E-state index contributed by atoms with van der Waals surface area (Å²) in [7, 11) is 3.24. The second kappa shape index (κ2) is 10.1. The van der Waals surface area contributed by atoms with Crippen LogP contribution in [0, 0.1) is 0 Å². The summed E-state index contributed by atoms with van der Waals surface area (Å²) in [5.74, 6) is 1.89. The predicted octanol–water partition coefficient (Wildman–Crippen LogP) is 2.90. The SMILES string of the molecule is COc1ccc(CC(=O)NCCOc2ccc(-c3ccc(OC)cc3)nn2)cc1. The number of ether oxygens (including phenoxy) is 3. The molecule has 0 unspecified atom stereocenters. The monoisotopic (exact) mass is 393 g/mol. The molecule has 1 N–H and O–H groups in total. The van der Waals surface area contributed by atoms with Gasteiger partial charge in [0.1, 0.15) is 18.1 Å². The third kappa shape index (κ3) is 5.93.